The van der Waals surface area contributed by atoms with E-state index in [2.05, 4.69) is 5.32 Å². The number of rotatable bonds is 3. The molecule has 30 heavy (non-hydrogen) atoms. The van der Waals surface area contributed by atoms with Gasteiger partial charge in [0.25, 0.3) is 11.8 Å². The number of piperazine rings is 1. The highest BCUT2D eigenvalue weighted by Gasteiger charge is 2.36. The first kappa shape index (κ1) is 21.4. The van der Waals surface area contributed by atoms with E-state index in [1.165, 1.54) is 30.0 Å². The smallest absolute Gasteiger partial charge is 0.335 e. The van der Waals surface area contributed by atoms with E-state index < -0.39 is 23.2 Å². The molecule has 9 heteroatoms. The Morgan fingerprint density at radius 3 is 1.90 bits per heavy atom. The van der Waals surface area contributed by atoms with Crippen LogP contribution in [0.1, 0.15) is 33.2 Å². The molecule has 1 aliphatic rings. The van der Waals surface area contributed by atoms with E-state index in [1.807, 2.05) is 0 Å². The topological polar surface area (TPSA) is 69.7 Å². The summed E-state index contributed by atoms with van der Waals surface area (Å²) in [6.45, 7) is 2.09. The van der Waals surface area contributed by atoms with E-state index in [-0.39, 0.29) is 38.0 Å². The van der Waals surface area contributed by atoms with Gasteiger partial charge in [-0.2, -0.15) is 13.2 Å². The Hall–Kier alpha value is -3.36. The Morgan fingerprint density at radius 2 is 1.37 bits per heavy atom. The molecule has 0 saturated carbocycles. The highest BCUT2D eigenvalue weighted by molar-refractivity contribution is 5.97. The zero-order chi connectivity index (χ0) is 21.9. The van der Waals surface area contributed by atoms with E-state index in [9.17, 15) is 27.6 Å². The predicted molar refractivity (Wildman–Crippen MR) is 104 cm³/mol. The summed E-state index contributed by atoms with van der Waals surface area (Å²) in [6, 6.07) is 11.1. The number of hydrogen-bond acceptors (Lipinski definition) is 3. The van der Waals surface area contributed by atoms with Gasteiger partial charge >= 0.3 is 6.18 Å². The Kier molecular flexibility index (Phi) is 6.09. The molecule has 0 unspecified atom stereocenters. The van der Waals surface area contributed by atoms with Crippen molar-refractivity contribution in [2.24, 2.45) is 0 Å². The van der Waals surface area contributed by atoms with Gasteiger partial charge in [-0.1, -0.05) is 12.1 Å². The number of anilines is 1. The van der Waals surface area contributed by atoms with E-state index in [0.717, 1.165) is 6.07 Å². The molecular formula is C21H20F3N3O3. The van der Waals surface area contributed by atoms with Gasteiger partial charge in [0.1, 0.15) is 0 Å². The van der Waals surface area contributed by atoms with Crippen molar-refractivity contribution in [2.75, 3.05) is 31.5 Å². The van der Waals surface area contributed by atoms with Crippen molar-refractivity contribution in [3.63, 3.8) is 0 Å². The summed E-state index contributed by atoms with van der Waals surface area (Å²) in [5.41, 5.74) is -0.366. The van der Waals surface area contributed by atoms with Crippen molar-refractivity contribution in [1.82, 2.24) is 9.80 Å². The fourth-order valence-corrected chi connectivity index (χ4v) is 3.28. The first-order valence-electron chi connectivity index (χ1n) is 9.29. The second-order valence-electron chi connectivity index (χ2n) is 6.89. The third kappa shape index (κ3) is 4.79. The fourth-order valence-electron chi connectivity index (χ4n) is 3.28. The molecule has 0 radical (unpaired) electrons. The van der Waals surface area contributed by atoms with Crippen LogP contribution in [0, 0.1) is 0 Å². The minimum atomic E-state index is -4.62. The average molecular weight is 419 g/mol. The molecule has 0 aliphatic carbocycles. The van der Waals surface area contributed by atoms with Crippen LogP contribution in [-0.2, 0) is 11.0 Å². The van der Waals surface area contributed by atoms with Gasteiger partial charge in [0.15, 0.2) is 0 Å². The maximum atomic E-state index is 13.2. The Bertz CT molecular complexity index is 950. The standard InChI is InChI=1S/C21H20F3N3O3/c1-14(28)25-16-8-6-15(7-9-16)19(29)26-10-12-27(13-11-26)20(30)17-4-2-3-5-18(17)21(22,23)24/h2-9H,10-13H2,1H3,(H,25,28). The molecule has 1 saturated heterocycles. The maximum absolute atomic E-state index is 13.2. The summed E-state index contributed by atoms with van der Waals surface area (Å²) in [7, 11) is 0. The number of halogens is 3. The molecule has 158 valence electrons. The molecule has 3 rings (SSSR count). The molecule has 1 heterocycles. The van der Waals surface area contributed by atoms with Gasteiger partial charge in [-0.15, -0.1) is 0 Å². The van der Waals surface area contributed by atoms with Crippen molar-refractivity contribution >= 4 is 23.4 Å². The summed E-state index contributed by atoms with van der Waals surface area (Å²) in [6.07, 6.45) is -4.62. The maximum Gasteiger partial charge on any atom is 0.417 e. The van der Waals surface area contributed by atoms with Gasteiger partial charge < -0.3 is 15.1 Å². The van der Waals surface area contributed by atoms with Crippen LogP contribution in [0.2, 0.25) is 0 Å². The Balaban J connectivity index is 1.64. The lowest BCUT2D eigenvalue weighted by atomic mass is 10.1. The molecule has 0 spiro atoms. The lowest BCUT2D eigenvalue weighted by molar-refractivity contribution is -0.138. The first-order chi connectivity index (χ1) is 14.2. The van der Waals surface area contributed by atoms with Crippen molar-refractivity contribution in [1.29, 1.82) is 0 Å². The zero-order valence-corrected chi connectivity index (χ0v) is 16.2. The number of benzene rings is 2. The van der Waals surface area contributed by atoms with Crippen molar-refractivity contribution in [3.8, 4) is 0 Å². The minimum absolute atomic E-state index is 0.140. The van der Waals surface area contributed by atoms with Crippen molar-refractivity contribution < 1.29 is 27.6 Å². The molecule has 6 nitrogen and oxygen atoms in total. The molecule has 1 N–H and O–H groups in total. The number of nitrogens with zero attached hydrogens (tertiary/aromatic N) is 2. The molecule has 3 amide bonds. The van der Waals surface area contributed by atoms with Crippen LogP contribution >= 0.6 is 0 Å². The van der Waals surface area contributed by atoms with Gasteiger partial charge in [-0.05, 0) is 36.4 Å². The number of alkyl halides is 3. The second-order valence-corrected chi connectivity index (χ2v) is 6.89. The summed E-state index contributed by atoms with van der Waals surface area (Å²) >= 11 is 0. The predicted octanol–water partition coefficient (Wildman–Crippen LogP) is 3.26. The van der Waals surface area contributed by atoms with E-state index in [1.54, 1.807) is 29.2 Å². The van der Waals surface area contributed by atoms with Gasteiger partial charge in [0.05, 0.1) is 11.1 Å². The van der Waals surface area contributed by atoms with E-state index >= 15 is 0 Å². The third-order valence-electron chi connectivity index (χ3n) is 4.77. The van der Waals surface area contributed by atoms with Crippen LogP contribution < -0.4 is 5.32 Å². The second kappa shape index (κ2) is 8.56. The van der Waals surface area contributed by atoms with Gasteiger partial charge in [-0.25, -0.2) is 0 Å². The minimum Gasteiger partial charge on any atom is -0.335 e. The molecular weight excluding hydrogens is 399 g/mol. The zero-order valence-electron chi connectivity index (χ0n) is 16.2. The average Bonchev–Trinajstić information content (AvgIpc) is 2.72. The largest absolute Gasteiger partial charge is 0.417 e. The van der Waals surface area contributed by atoms with Crippen LogP contribution in [0.15, 0.2) is 48.5 Å². The SMILES string of the molecule is CC(=O)Nc1ccc(C(=O)N2CCN(C(=O)c3ccccc3C(F)(F)F)CC2)cc1. The monoisotopic (exact) mass is 419 g/mol. The lowest BCUT2D eigenvalue weighted by Crippen LogP contribution is -2.50. The van der Waals surface area contributed by atoms with Crippen LogP contribution in [0.3, 0.4) is 0 Å². The van der Waals surface area contributed by atoms with Gasteiger partial charge in [0, 0.05) is 44.4 Å². The highest BCUT2D eigenvalue weighted by atomic mass is 19.4. The van der Waals surface area contributed by atoms with Crippen LogP contribution in [-0.4, -0.2) is 53.7 Å². The molecule has 0 aromatic heterocycles. The summed E-state index contributed by atoms with van der Waals surface area (Å²) in [5, 5.41) is 2.61. The summed E-state index contributed by atoms with van der Waals surface area (Å²) in [5.74, 6) is -1.16. The van der Waals surface area contributed by atoms with Crippen LogP contribution in [0.5, 0.6) is 0 Å². The quantitative estimate of drug-likeness (QED) is 0.830. The van der Waals surface area contributed by atoms with Crippen molar-refractivity contribution in [3.05, 3.63) is 65.2 Å². The number of carbonyl (C=O) groups is 3. The van der Waals surface area contributed by atoms with Crippen LogP contribution in [0.25, 0.3) is 0 Å². The number of nitrogens with one attached hydrogen (secondary N) is 1. The van der Waals surface area contributed by atoms with Gasteiger partial charge in [0.2, 0.25) is 5.91 Å². The Morgan fingerprint density at radius 1 is 0.833 bits per heavy atom. The third-order valence-corrected chi connectivity index (χ3v) is 4.77. The van der Waals surface area contributed by atoms with E-state index in [0.29, 0.717) is 11.3 Å². The highest BCUT2D eigenvalue weighted by Crippen LogP contribution is 2.32. The normalized spacial score (nSPS) is 14.4. The molecule has 0 atom stereocenters. The van der Waals surface area contributed by atoms with Crippen molar-refractivity contribution in [2.45, 2.75) is 13.1 Å². The van der Waals surface area contributed by atoms with E-state index in [4.69, 9.17) is 0 Å². The first-order valence-corrected chi connectivity index (χ1v) is 9.29. The molecule has 1 fully saturated rings. The molecule has 1 aliphatic heterocycles. The van der Waals surface area contributed by atoms with Gasteiger partial charge in [-0.3, -0.25) is 14.4 Å². The Labute approximate surface area is 171 Å². The number of amides is 3. The molecule has 2 aromatic carbocycles. The number of carbonyl (C=O) groups excluding carboxylic acids is 3. The summed E-state index contributed by atoms with van der Waals surface area (Å²) < 4.78 is 39.5. The fraction of sp³-hybridized carbons (Fsp3) is 0.286. The lowest BCUT2D eigenvalue weighted by Gasteiger charge is -2.35. The molecule has 0 bridgehead atoms. The number of hydrogen-bond donors (Lipinski definition) is 1. The summed E-state index contributed by atoms with van der Waals surface area (Å²) in [4.78, 5) is 39.2. The molecule has 2 aromatic rings. The van der Waals surface area contributed by atoms with Crippen LogP contribution in [0.4, 0.5) is 18.9 Å².